The number of non-ortho nitro benzene ring substituents is 1. The molecule has 0 saturated heterocycles. The Morgan fingerprint density at radius 3 is 2.60 bits per heavy atom. The number of nitrogens with one attached hydrogen (secondary N) is 1. The lowest BCUT2D eigenvalue weighted by Gasteiger charge is -2.11. The van der Waals surface area contributed by atoms with Gasteiger partial charge in [-0.1, -0.05) is 0 Å². The summed E-state index contributed by atoms with van der Waals surface area (Å²) in [5.41, 5.74) is 0.925. The lowest BCUT2D eigenvalue weighted by atomic mass is 10.2. The molecule has 15 heavy (non-hydrogen) atoms. The highest BCUT2D eigenvalue weighted by Gasteiger charge is 2.04. The second-order valence-electron chi connectivity index (χ2n) is 3.26. The van der Waals surface area contributed by atoms with Crippen LogP contribution in [-0.4, -0.2) is 11.0 Å². The SMILES string of the molecule is C#CCC(C)Nc1ccc([N+](=O)[O-])cc1. The van der Waals surface area contributed by atoms with Gasteiger partial charge in [0.1, 0.15) is 0 Å². The molecule has 1 aromatic rings. The van der Waals surface area contributed by atoms with Crippen LogP contribution >= 0.6 is 0 Å². The fraction of sp³-hybridized carbons (Fsp3) is 0.273. The second-order valence-corrected chi connectivity index (χ2v) is 3.26. The molecular formula is C11H12N2O2. The summed E-state index contributed by atoms with van der Waals surface area (Å²) >= 11 is 0. The molecule has 78 valence electrons. The molecule has 1 rings (SSSR count). The van der Waals surface area contributed by atoms with Gasteiger partial charge in [-0.25, -0.2) is 0 Å². The molecule has 4 heteroatoms. The summed E-state index contributed by atoms with van der Waals surface area (Å²) in [6.07, 6.45) is 5.79. The molecule has 1 atom stereocenters. The molecule has 1 aromatic carbocycles. The third-order valence-electron chi connectivity index (χ3n) is 1.92. The van der Waals surface area contributed by atoms with Crippen LogP contribution in [0.15, 0.2) is 24.3 Å². The van der Waals surface area contributed by atoms with Crippen LogP contribution < -0.4 is 5.32 Å². The van der Waals surface area contributed by atoms with Gasteiger partial charge in [-0.05, 0) is 19.1 Å². The highest BCUT2D eigenvalue weighted by Crippen LogP contribution is 2.16. The van der Waals surface area contributed by atoms with Crippen LogP contribution in [0.1, 0.15) is 13.3 Å². The Bertz CT molecular complexity index is 379. The van der Waals surface area contributed by atoms with Crippen LogP contribution in [0.5, 0.6) is 0 Å². The molecule has 0 fully saturated rings. The first-order valence-corrected chi connectivity index (χ1v) is 4.58. The van der Waals surface area contributed by atoms with Crippen LogP contribution in [-0.2, 0) is 0 Å². The summed E-state index contributed by atoms with van der Waals surface area (Å²) in [5, 5.41) is 13.5. The molecule has 0 aromatic heterocycles. The van der Waals surface area contributed by atoms with Crippen LogP contribution in [0.25, 0.3) is 0 Å². The third-order valence-corrected chi connectivity index (χ3v) is 1.92. The average Bonchev–Trinajstić information content (AvgIpc) is 2.18. The van der Waals surface area contributed by atoms with E-state index in [9.17, 15) is 10.1 Å². The molecule has 0 amide bonds. The molecule has 0 aliphatic carbocycles. The van der Waals surface area contributed by atoms with Crippen molar-refractivity contribution in [1.29, 1.82) is 0 Å². The van der Waals surface area contributed by atoms with Crippen molar-refractivity contribution in [2.24, 2.45) is 0 Å². The Hall–Kier alpha value is -2.02. The summed E-state index contributed by atoms with van der Waals surface area (Å²) in [6, 6.07) is 6.43. The Labute approximate surface area is 88.5 Å². The van der Waals surface area contributed by atoms with Crippen molar-refractivity contribution in [3.8, 4) is 12.3 Å². The van der Waals surface area contributed by atoms with Crippen LogP contribution in [0.3, 0.4) is 0 Å². The van der Waals surface area contributed by atoms with Crippen LogP contribution in [0, 0.1) is 22.5 Å². The Kier molecular flexibility index (Phi) is 3.69. The van der Waals surface area contributed by atoms with E-state index >= 15 is 0 Å². The maximum Gasteiger partial charge on any atom is 0.269 e. The van der Waals surface area contributed by atoms with E-state index in [1.54, 1.807) is 12.1 Å². The van der Waals surface area contributed by atoms with E-state index in [2.05, 4.69) is 11.2 Å². The van der Waals surface area contributed by atoms with Gasteiger partial charge in [0.05, 0.1) is 4.92 Å². The molecule has 0 saturated carbocycles. The standard InChI is InChI=1S/C11H12N2O2/c1-3-4-9(2)12-10-5-7-11(8-6-10)13(14)15/h1,5-9,12H,4H2,2H3. The number of terminal acetylenes is 1. The fourth-order valence-electron chi connectivity index (χ4n) is 1.19. The van der Waals surface area contributed by atoms with Crippen LogP contribution in [0.4, 0.5) is 11.4 Å². The Morgan fingerprint density at radius 2 is 2.13 bits per heavy atom. The summed E-state index contributed by atoms with van der Waals surface area (Å²) in [5.74, 6) is 2.55. The quantitative estimate of drug-likeness (QED) is 0.465. The van der Waals surface area contributed by atoms with E-state index in [0.717, 1.165) is 5.69 Å². The third kappa shape index (κ3) is 3.31. The maximum absolute atomic E-state index is 10.4. The Morgan fingerprint density at radius 1 is 1.53 bits per heavy atom. The van der Waals surface area contributed by atoms with Crippen molar-refractivity contribution in [2.75, 3.05) is 5.32 Å². The zero-order chi connectivity index (χ0) is 11.3. The van der Waals surface area contributed by atoms with Crippen molar-refractivity contribution in [3.63, 3.8) is 0 Å². The van der Waals surface area contributed by atoms with E-state index in [1.165, 1.54) is 12.1 Å². The predicted octanol–water partition coefficient (Wildman–Crippen LogP) is 2.42. The second kappa shape index (κ2) is 5.01. The molecule has 1 N–H and O–H groups in total. The molecule has 0 aliphatic rings. The lowest BCUT2D eigenvalue weighted by molar-refractivity contribution is -0.384. The van der Waals surface area contributed by atoms with E-state index < -0.39 is 4.92 Å². The molecular weight excluding hydrogens is 192 g/mol. The van der Waals surface area contributed by atoms with Crippen molar-refractivity contribution >= 4 is 11.4 Å². The van der Waals surface area contributed by atoms with Crippen molar-refractivity contribution in [3.05, 3.63) is 34.4 Å². The van der Waals surface area contributed by atoms with Gasteiger partial charge in [0.2, 0.25) is 0 Å². The predicted molar refractivity (Wildman–Crippen MR) is 59.6 cm³/mol. The first kappa shape index (κ1) is 11.1. The van der Waals surface area contributed by atoms with Crippen molar-refractivity contribution in [2.45, 2.75) is 19.4 Å². The largest absolute Gasteiger partial charge is 0.382 e. The minimum Gasteiger partial charge on any atom is -0.382 e. The highest BCUT2D eigenvalue weighted by molar-refractivity contribution is 5.49. The molecule has 0 aliphatic heterocycles. The van der Waals surface area contributed by atoms with Gasteiger partial charge in [0.25, 0.3) is 5.69 Å². The smallest absolute Gasteiger partial charge is 0.269 e. The summed E-state index contributed by atoms with van der Waals surface area (Å²) in [4.78, 5) is 9.97. The topological polar surface area (TPSA) is 55.2 Å². The number of nitro groups is 1. The monoisotopic (exact) mass is 204 g/mol. The van der Waals surface area contributed by atoms with Gasteiger partial charge in [0, 0.05) is 30.3 Å². The van der Waals surface area contributed by atoms with Gasteiger partial charge in [-0.2, -0.15) is 0 Å². The number of benzene rings is 1. The summed E-state index contributed by atoms with van der Waals surface area (Å²) in [6.45, 7) is 1.96. The highest BCUT2D eigenvalue weighted by atomic mass is 16.6. The van der Waals surface area contributed by atoms with Gasteiger partial charge in [-0.15, -0.1) is 12.3 Å². The van der Waals surface area contributed by atoms with Crippen molar-refractivity contribution < 1.29 is 4.92 Å². The zero-order valence-electron chi connectivity index (χ0n) is 8.43. The number of anilines is 1. The molecule has 0 bridgehead atoms. The first-order chi connectivity index (χ1) is 7.13. The minimum atomic E-state index is -0.422. The number of hydrogen-bond donors (Lipinski definition) is 1. The lowest BCUT2D eigenvalue weighted by Crippen LogP contribution is -2.13. The molecule has 0 heterocycles. The van der Waals surface area contributed by atoms with Crippen LogP contribution in [0.2, 0.25) is 0 Å². The molecule has 4 nitrogen and oxygen atoms in total. The van der Waals surface area contributed by atoms with E-state index in [-0.39, 0.29) is 11.7 Å². The van der Waals surface area contributed by atoms with Crippen molar-refractivity contribution in [1.82, 2.24) is 0 Å². The Balaban J connectivity index is 2.65. The van der Waals surface area contributed by atoms with Gasteiger partial charge in [0.15, 0.2) is 0 Å². The van der Waals surface area contributed by atoms with Gasteiger partial charge < -0.3 is 5.32 Å². The number of hydrogen-bond acceptors (Lipinski definition) is 3. The molecule has 0 spiro atoms. The number of nitro benzene ring substituents is 1. The molecule has 1 unspecified atom stereocenters. The number of nitrogens with zero attached hydrogens (tertiary/aromatic N) is 1. The normalized spacial score (nSPS) is 11.5. The average molecular weight is 204 g/mol. The maximum atomic E-state index is 10.4. The first-order valence-electron chi connectivity index (χ1n) is 4.58. The fourth-order valence-corrected chi connectivity index (χ4v) is 1.19. The van der Waals surface area contributed by atoms with E-state index in [0.29, 0.717) is 6.42 Å². The zero-order valence-corrected chi connectivity index (χ0v) is 8.43. The molecule has 0 radical (unpaired) electrons. The minimum absolute atomic E-state index is 0.0881. The van der Waals surface area contributed by atoms with Gasteiger partial charge in [-0.3, -0.25) is 10.1 Å². The summed E-state index contributed by atoms with van der Waals surface area (Å²) in [7, 11) is 0. The van der Waals surface area contributed by atoms with E-state index in [4.69, 9.17) is 6.42 Å². The van der Waals surface area contributed by atoms with Gasteiger partial charge >= 0.3 is 0 Å². The summed E-state index contributed by atoms with van der Waals surface area (Å²) < 4.78 is 0. The van der Waals surface area contributed by atoms with E-state index in [1.807, 2.05) is 6.92 Å². The number of rotatable bonds is 4.